The molecule has 32 heavy (non-hydrogen) atoms. The molecule has 1 aliphatic heterocycles. The van der Waals surface area contributed by atoms with Crippen LogP contribution < -0.4 is 5.32 Å². The second-order valence-corrected chi connectivity index (χ2v) is 8.96. The molecule has 0 saturated carbocycles. The number of nitrogens with one attached hydrogen (secondary N) is 1. The Kier molecular flexibility index (Phi) is 7.51. The van der Waals surface area contributed by atoms with Gasteiger partial charge in [0, 0.05) is 35.1 Å². The van der Waals surface area contributed by atoms with E-state index < -0.39 is 0 Å². The standard InChI is InChI=1S/C26H29ClN4O/c1-19-12-21(13-20-6-4-8-23(27)14-20)15-25(30-19)22-7-5-11-31(17-22)18-26(32)29-16-24-9-2-3-10-28-24/h2-4,6,8-10,12,14-15,22H,5,7,11,13,16-18H2,1H3,(H,29,32). The van der Waals surface area contributed by atoms with E-state index in [1.807, 2.05) is 36.4 Å². The third kappa shape index (κ3) is 6.38. The van der Waals surface area contributed by atoms with Crippen molar-refractivity contribution >= 4 is 17.5 Å². The molecular formula is C26H29ClN4O. The van der Waals surface area contributed by atoms with Crippen LogP contribution in [0.3, 0.4) is 0 Å². The van der Waals surface area contributed by atoms with Gasteiger partial charge in [-0.3, -0.25) is 19.7 Å². The molecule has 5 nitrogen and oxygen atoms in total. The van der Waals surface area contributed by atoms with Gasteiger partial charge in [0.15, 0.2) is 0 Å². The van der Waals surface area contributed by atoms with Crippen molar-refractivity contribution in [1.29, 1.82) is 0 Å². The van der Waals surface area contributed by atoms with Crippen LogP contribution in [0.1, 0.15) is 47.0 Å². The highest BCUT2D eigenvalue weighted by Crippen LogP contribution is 2.27. The highest BCUT2D eigenvalue weighted by Gasteiger charge is 2.24. The molecule has 1 N–H and O–H groups in total. The summed E-state index contributed by atoms with van der Waals surface area (Å²) < 4.78 is 0. The smallest absolute Gasteiger partial charge is 0.234 e. The summed E-state index contributed by atoms with van der Waals surface area (Å²) in [5, 5.41) is 3.74. The Balaban J connectivity index is 1.37. The lowest BCUT2D eigenvalue weighted by Crippen LogP contribution is -2.42. The normalized spacial score (nSPS) is 16.6. The Hall–Kier alpha value is -2.76. The number of hydrogen-bond donors (Lipinski definition) is 1. The van der Waals surface area contributed by atoms with E-state index >= 15 is 0 Å². The first-order valence-electron chi connectivity index (χ1n) is 11.2. The highest BCUT2D eigenvalue weighted by atomic mass is 35.5. The molecular weight excluding hydrogens is 420 g/mol. The Labute approximate surface area is 194 Å². The van der Waals surface area contributed by atoms with Gasteiger partial charge in [0.2, 0.25) is 5.91 Å². The van der Waals surface area contributed by atoms with Gasteiger partial charge < -0.3 is 5.32 Å². The van der Waals surface area contributed by atoms with E-state index in [2.05, 4.69) is 40.3 Å². The van der Waals surface area contributed by atoms with Gasteiger partial charge in [0.1, 0.15) is 0 Å². The molecule has 1 aromatic carbocycles. The van der Waals surface area contributed by atoms with Crippen LogP contribution in [-0.4, -0.2) is 40.4 Å². The molecule has 4 rings (SSSR count). The van der Waals surface area contributed by atoms with Crippen LogP contribution in [0.25, 0.3) is 0 Å². The average Bonchev–Trinajstić information content (AvgIpc) is 2.78. The Bertz CT molecular complexity index is 1060. The molecule has 3 heterocycles. The first kappa shape index (κ1) is 22.4. The number of benzene rings is 1. The predicted octanol–water partition coefficient (Wildman–Crippen LogP) is 4.53. The van der Waals surface area contributed by atoms with Crippen LogP contribution in [0.2, 0.25) is 5.02 Å². The van der Waals surface area contributed by atoms with E-state index in [0.29, 0.717) is 19.0 Å². The van der Waals surface area contributed by atoms with Crippen molar-refractivity contribution in [2.45, 2.75) is 38.6 Å². The first-order valence-corrected chi connectivity index (χ1v) is 11.5. The van der Waals surface area contributed by atoms with Gasteiger partial charge in [0.25, 0.3) is 0 Å². The van der Waals surface area contributed by atoms with Crippen molar-refractivity contribution in [1.82, 2.24) is 20.2 Å². The molecule has 6 heteroatoms. The van der Waals surface area contributed by atoms with Crippen LogP contribution >= 0.6 is 11.6 Å². The number of pyridine rings is 2. The number of carbonyl (C=O) groups is 1. The molecule has 0 radical (unpaired) electrons. The molecule has 1 aliphatic rings. The summed E-state index contributed by atoms with van der Waals surface area (Å²) in [4.78, 5) is 23.8. The number of aryl methyl sites for hydroxylation is 1. The zero-order valence-electron chi connectivity index (χ0n) is 18.4. The SMILES string of the molecule is Cc1cc(Cc2cccc(Cl)c2)cc(C2CCCN(CC(=O)NCc3ccccn3)C2)n1. The van der Waals surface area contributed by atoms with Crippen molar-refractivity contribution < 1.29 is 4.79 Å². The summed E-state index contributed by atoms with van der Waals surface area (Å²) in [6.07, 6.45) is 4.74. The second kappa shape index (κ2) is 10.7. The van der Waals surface area contributed by atoms with Crippen LogP contribution in [0.15, 0.2) is 60.8 Å². The largest absolute Gasteiger partial charge is 0.349 e. The Morgan fingerprint density at radius 2 is 2.06 bits per heavy atom. The number of halogens is 1. The molecule has 3 aromatic rings. The number of hydrogen-bond acceptors (Lipinski definition) is 4. The van der Waals surface area contributed by atoms with Crippen molar-refractivity contribution in [3.63, 3.8) is 0 Å². The average molecular weight is 449 g/mol. The van der Waals surface area contributed by atoms with Crippen molar-refractivity contribution in [3.8, 4) is 0 Å². The number of amides is 1. The van der Waals surface area contributed by atoms with E-state index in [9.17, 15) is 4.79 Å². The van der Waals surface area contributed by atoms with Crippen LogP contribution in [-0.2, 0) is 17.8 Å². The fraction of sp³-hybridized carbons (Fsp3) is 0.346. The van der Waals surface area contributed by atoms with Gasteiger partial charge in [-0.2, -0.15) is 0 Å². The summed E-state index contributed by atoms with van der Waals surface area (Å²) >= 11 is 6.16. The van der Waals surface area contributed by atoms with Gasteiger partial charge in [-0.05, 0) is 80.3 Å². The molecule has 1 fully saturated rings. The maximum absolute atomic E-state index is 12.5. The van der Waals surface area contributed by atoms with Gasteiger partial charge in [-0.25, -0.2) is 0 Å². The van der Waals surface area contributed by atoms with Gasteiger partial charge in [-0.1, -0.05) is 29.8 Å². The molecule has 1 saturated heterocycles. The van der Waals surface area contributed by atoms with Gasteiger partial charge in [-0.15, -0.1) is 0 Å². The van der Waals surface area contributed by atoms with E-state index in [1.54, 1.807) is 6.20 Å². The number of carbonyl (C=O) groups excluding carboxylic acids is 1. The molecule has 2 aromatic heterocycles. The Morgan fingerprint density at radius 3 is 2.88 bits per heavy atom. The van der Waals surface area contributed by atoms with Crippen molar-refractivity contribution in [2.24, 2.45) is 0 Å². The van der Waals surface area contributed by atoms with Gasteiger partial charge in [0.05, 0.1) is 18.8 Å². The molecule has 0 bridgehead atoms. The predicted molar refractivity (Wildman–Crippen MR) is 128 cm³/mol. The molecule has 1 amide bonds. The fourth-order valence-electron chi connectivity index (χ4n) is 4.35. The van der Waals surface area contributed by atoms with Crippen LogP contribution in [0.4, 0.5) is 0 Å². The number of piperidine rings is 1. The number of likely N-dealkylation sites (tertiary alicyclic amines) is 1. The minimum atomic E-state index is 0.0372. The molecule has 1 unspecified atom stereocenters. The van der Waals surface area contributed by atoms with E-state index in [1.165, 1.54) is 11.1 Å². The monoisotopic (exact) mass is 448 g/mol. The molecule has 0 aliphatic carbocycles. The summed E-state index contributed by atoms with van der Waals surface area (Å²) in [5.41, 5.74) is 5.47. The third-order valence-electron chi connectivity index (χ3n) is 5.81. The van der Waals surface area contributed by atoms with E-state index in [4.69, 9.17) is 16.6 Å². The minimum absolute atomic E-state index is 0.0372. The third-order valence-corrected chi connectivity index (χ3v) is 6.05. The van der Waals surface area contributed by atoms with Crippen LogP contribution in [0, 0.1) is 6.92 Å². The highest BCUT2D eigenvalue weighted by molar-refractivity contribution is 6.30. The first-order chi connectivity index (χ1) is 15.5. The molecule has 1 atom stereocenters. The van der Waals surface area contributed by atoms with Crippen molar-refractivity contribution in [3.05, 3.63) is 94.0 Å². The number of aromatic nitrogens is 2. The summed E-state index contributed by atoms with van der Waals surface area (Å²) in [6.45, 7) is 4.71. The van der Waals surface area contributed by atoms with Crippen LogP contribution in [0.5, 0.6) is 0 Å². The lowest BCUT2D eigenvalue weighted by Gasteiger charge is -2.32. The van der Waals surface area contributed by atoms with Crippen molar-refractivity contribution in [2.75, 3.05) is 19.6 Å². The fourth-order valence-corrected chi connectivity index (χ4v) is 4.57. The summed E-state index contributed by atoms with van der Waals surface area (Å²) in [5.74, 6) is 0.375. The lowest BCUT2D eigenvalue weighted by atomic mass is 9.92. The number of nitrogens with zero attached hydrogens (tertiary/aromatic N) is 3. The molecule has 166 valence electrons. The second-order valence-electron chi connectivity index (χ2n) is 8.52. The summed E-state index contributed by atoms with van der Waals surface area (Å²) in [7, 11) is 0. The number of rotatable bonds is 7. The summed E-state index contributed by atoms with van der Waals surface area (Å²) in [6, 6.07) is 18.1. The minimum Gasteiger partial charge on any atom is -0.349 e. The maximum atomic E-state index is 12.5. The zero-order valence-corrected chi connectivity index (χ0v) is 19.2. The van der Waals surface area contributed by atoms with Gasteiger partial charge >= 0.3 is 0 Å². The Morgan fingerprint density at radius 1 is 1.16 bits per heavy atom. The topological polar surface area (TPSA) is 58.1 Å². The zero-order chi connectivity index (χ0) is 22.3. The molecule has 0 spiro atoms. The maximum Gasteiger partial charge on any atom is 0.234 e. The van der Waals surface area contributed by atoms with E-state index in [-0.39, 0.29) is 5.91 Å². The van der Waals surface area contributed by atoms with E-state index in [0.717, 1.165) is 54.5 Å². The quantitative estimate of drug-likeness (QED) is 0.577. The lowest BCUT2D eigenvalue weighted by molar-refractivity contribution is -0.122.